The molecule has 1 aromatic rings. The smallest absolute Gasteiger partial charge is 0.387 e. The quantitative estimate of drug-likeness (QED) is 0.640. The van der Waals surface area contributed by atoms with Crippen LogP contribution >= 0.6 is 23.2 Å². The van der Waals surface area contributed by atoms with Crippen molar-refractivity contribution in [1.82, 2.24) is 9.97 Å². The van der Waals surface area contributed by atoms with Gasteiger partial charge < -0.3 is 5.73 Å². The van der Waals surface area contributed by atoms with Crippen LogP contribution < -0.4 is 5.73 Å². The van der Waals surface area contributed by atoms with Crippen molar-refractivity contribution in [2.45, 2.75) is 6.18 Å². The second-order valence-electron chi connectivity index (χ2n) is 3.80. The molecule has 0 aromatic carbocycles. The first-order valence-electron chi connectivity index (χ1n) is 5.05. The van der Waals surface area contributed by atoms with Gasteiger partial charge in [0.2, 0.25) is 5.28 Å². The lowest BCUT2D eigenvalue weighted by atomic mass is 9.99. The fourth-order valence-corrected chi connectivity index (χ4v) is 2.01. The van der Waals surface area contributed by atoms with Gasteiger partial charge in [-0.3, -0.25) is 4.99 Å². The van der Waals surface area contributed by atoms with Gasteiger partial charge in [0.15, 0.2) is 0 Å². The molecule has 0 saturated carbocycles. The highest BCUT2D eigenvalue weighted by molar-refractivity contribution is 6.31. The second-order valence-corrected chi connectivity index (χ2v) is 4.52. The molecule has 2 N–H and O–H groups in total. The number of rotatable bonds is 1. The van der Waals surface area contributed by atoms with Crippen LogP contribution in [-0.4, -0.2) is 28.5 Å². The molecule has 0 saturated heterocycles. The molecule has 1 aliphatic rings. The molecule has 0 fully saturated rings. The van der Waals surface area contributed by atoms with Gasteiger partial charge in [0.05, 0.1) is 12.2 Å². The topological polar surface area (TPSA) is 64.2 Å². The van der Waals surface area contributed by atoms with Crippen LogP contribution in [0.3, 0.4) is 0 Å². The number of alkyl halides is 3. The van der Waals surface area contributed by atoms with E-state index in [4.69, 9.17) is 28.9 Å². The molecule has 0 bridgehead atoms. The second kappa shape index (κ2) is 4.97. The minimum absolute atomic E-state index is 0.0118. The number of hydrogen-bond acceptors (Lipinski definition) is 4. The predicted molar refractivity (Wildman–Crippen MR) is 66.1 cm³/mol. The van der Waals surface area contributed by atoms with Gasteiger partial charge in [-0.2, -0.15) is 13.2 Å². The molecule has 1 aromatic heterocycles. The number of aromatic nitrogens is 2. The van der Waals surface area contributed by atoms with Gasteiger partial charge in [-0.1, -0.05) is 17.7 Å². The molecule has 0 radical (unpaired) electrons. The number of dihydropyridines is 1. The molecule has 1 atom stereocenters. The van der Waals surface area contributed by atoms with Crippen LogP contribution in [-0.2, 0) is 0 Å². The number of hydrogen-bond donors (Lipinski definition) is 1. The number of aliphatic imine (C=N–C) groups is 1. The molecule has 2 rings (SSSR count). The summed E-state index contributed by atoms with van der Waals surface area (Å²) in [6.45, 7) is -0.0118. The summed E-state index contributed by atoms with van der Waals surface area (Å²) in [6.07, 6.45) is -3.53. The Balaban J connectivity index is 2.41. The van der Waals surface area contributed by atoms with Crippen LogP contribution in [0, 0.1) is 5.92 Å². The highest BCUT2D eigenvalue weighted by Gasteiger charge is 2.42. The summed E-state index contributed by atoms with van der Waals surface area (Å²) in [5.41, 5.74) is 5.72. The third kappa shape index (κ3) is 3.16. The Hall–Kier alpha value is -1.34. The first-order chi connectivity index (χ1) is 8.77. The molecule has 0 amide bonds. The molecule has 1 aliphatic heterocycles. The molecule has 19 heavy (non-hydrogen) atoms. The number of nitrogens with two attached hydrogens (primary N) is 1. The Morgan fingerprint density at radius 1 is 1.26 bits per heavy atom. The molecule has 102 valence electrons. The maximum Gasteiger partial charge on any atom is 0.402 e. The van der Waals surface area contributed by atoms with E-state index in [1.165, 1.54) is 6.07 Å². The molecule has 0 aliphatic carbocycles. The van der Waals surface area contributed by atoms with Crippen LogP contribution in [0.2, 0.25) is 10.4 Å². The van der Waals surface area contributed by atoms with Gasteiger partial charge in [0.25, 0.3) is 0 Å². The van der Waals surface area contributed by atoms with E-state index >= 15 is 0 Å². The van der Waals surface area contributed by atoms with Crippen molar-refractivity contribution in [3.63, 3.8) is 0 Å². The lowest BCUT2D eigenvalue weighted by Gasteiger charge is -2.21. The van der Waals surface area contributed by atoms with Gasteiger partial charge in [0.1, 0.15) is 16.9 Å². The lowest BCUT2D eigenvalue weighted by molar-refractivity contribution is -0.144. The maximum atomic E-state index is 12.7. The van der Waals surface area contributed by atoms with Crippen LogP contribution in [0.25, 0.3) is 5.57 Å². The van der Waals surface area contributed by atoms with Gasteiger partial charge >= 0.3 is 6.18 Å². The van der Waals surface area contributed by atoms with Crippen molar-refractivity contribution in [3.05, 3.63) is 28.3 Å². The highest BCUT2D eigenvalue weighted by Crippen LogP contribution is 2.32. The van der Waals surface area contributed by atoms with Crippen molar-refractivity contribution >= 4 is 34.6 Å². The van der Waals surface area contributed by atoms with Gasteiger partial charge in [-0.05, 0) is 17.2 Å². The summed E-state index contributed by atoms with van der Waals surface area (Å²) in [7, 11) is 0. The minimum atomic E-state index is -4.50. The van der Waals surface area contributed by atoms with Crippen LogP contribution in [0.5, 0.6) is 0 Å². The summed E-state index contributed by atoms with van der Waals surface area (Å²) in [4.78, 5) is 11.1. The van der Waals surface area contributed by atoms with Crippen LogP contribution in [0.4, 0.5) is 13.2 Å². The first kappa shape index (κ1) is 14.1. The molecule has 4 nitrogen and oxygen atoms in total. The normalized spacial score (nSPS) is 19.9. The Labute approximate surface area is 116 Å². The molecular formula is C10H7Cl2F3N4. The molecular weight excluding hydrogens is 304 g/mol. The third-order valence-corrected chi connectivity index (χ3v) is 2.83. The predicted octanol–water partition coefficient (Wildman–Crippen LogP) is 2.72. The fraction of sp³-hybridized carbons (Fsp3) is 0.300. The van der Waals surface area contributed by atoms with Crippen LogP contribution in [0.15, 0.2) is 17.1 Å². The highest BCUT2D eigenvalue weighted by atomic mass is 35.5. The molecule has 2 heterocycles. The van der Waals surface area contributed by atoms with E-state index in [0.717, 1.165) is 6.08 Å². The standard InChI is InChI=1S/C10H7Cl2F3N4/c11-7-2-6(18-9(12)19-7)4-1-5(10(13,14)15)8(16)17-3-4/h1-2,5H,3H2,(H2,16,17). The Bertz CT molecular complexity index is 548. The Morgan fingerprint density at radius 2 is 1.95 bits per heavy atom. The van der Waals surface area contributed by atoms with Crippen molar-refractivity contribution in [3.8, 4) is 0 Å². The van der Waals surface area contributed by atoms with E-state index in [2.05, 4.69) is 15.0 Å². The van der Waals surface area contributed by atoms with E-state index in [1.54, 1.807) is 0 Å². The summed E-state index contributed by atoms with van der Waals surface area (Å²) in [5.74, 6) is -2.40. The van der Waals surface area contributed by atoms with Crippen molar-refractivity contribution < 1.29 is 13.2 Å². The zero-order valence-corrected chi connectivity index (χ0v) is 10.8. The monoisotopic (exact) mass is 310 g/mol. The zero-order chi connectivity index (χ0) is 14.2. The Kier molecular flexibility index (Phi) is 3.69. The minimum Gasteiger partial charge on any atom is -0.387 e. The average molecular weight is 311 g/mol. The van der Waals surface area contributed by atoms with Gasteiger partial charge in [0, 0.05) is 6.07 Å². The van der Waals surface area contributed by atoms with E-state index in [-0.39, 0.29) is 28.2 Å². The van der Waals surface area contributed by atoms with E-state index in [1.807, 2.05) is 0 Å². The summed E-state index contributed by atoms with van der Waals surface area (Å²) < 4.78 is 38.2. The zero-order valence-electron chi connectivity index (χ0n) is 9.25. The largest absolute Gasteiger partial charge is 0.402 e. The van der Waals surface area contributed by atoms with Crippen LogP contribution in [0.1, 0.15) is 5.69 Å². The van der Waals surface area contributed by atoms with Crippen molar-refractivity contribution in [1.29, 1.82) is 0 Å². The molecule has 0 spiro atoms. The summed E-state index contributed by atoms with van der Waals surface area (Å²) in [5, 5.41) is -0.100. The average Bonchev–Trinajstić information content (AvgIpc) is 2.26. The lowest BCUT2D eigenvalue weighted by Crippen LogP contribution is -2.36. The van der Waals surface area contributed by atoms with Gasteiger partial charge in [-0.25, -0.2) is 9.97 Å². The van der Waals surface area contributed by atoms with Crippen molar-refractivity contribution in [2.24, 2.45) is 16.6 Å². The third-order valence-electron chi connectivity index (χ3n) is 2.47. The first-order valence-corrected chi connectivity index (χ1v) is 5.80. The summed E-state index contributed by atoms with van der Waals surface area (Å²) >= 11 is 11.3. The SMILES string of the molecule is NC1=NCC(c2cc(Cl)nc(Cl)n2)=CC1C(F)(F)F. The fourth-order valence-electron chi connectivity index (χ4n) is 1.60. The van der Waals surface area contributed by atoms with E-state index < -0.39 is 17.9 Å². The Morgan fingerprint density at radius 3 is 2.53 bits per heavy atom. The number of halogens is 5. The number of amidine groups is 1. The van der Waals surface area contributed by atoms with Crippen molar-refractivity contribution in [2.75, 3.05) is 6.54 Å². The number of nitrogens with zero attached hydrogens (tertiary/aromatic N) is 3. The molecule has 1 unspecified atom stereocenters. The maximum absolute atomic E-state index is 12.7. The van der Waals surface area contributed by atoms with Gasteiger partial charge in [-0.15, -0.1) is 0 Å². The van der Waals surface area contributed by atoms with E-state index in [9.17, 15) is 13.2 Å². The van der Waals surface area contributed by atoms with E-state index in [0.29, 0.717) is 0 Å². The summed E-state index contributed by atoms with van der Waals surface area (Å²) in [6, 6.07) is 1.32. The molecule has 9 heteroatoms.